The van der Waals surface area contributed by atoms with Gasteiger partial charge in [0.2, 0.25) is 5.91 Å². The molecule has 2 aromatic heterocycles. The molecule has 0 aliphatic heterocycles. The molecule has 0 saturated carbocycles. The summed E-state index contributed by atoms with van der Waals surface area (Å²) in [7, 11) is 0. The van der Waals surface area contributed by atoms with Crippen molar-refractivity contribution in [3.63, 3.8) is 0 Å². The highest BCUT2D eigenvalue weighted by Crippen LogP contribution is 2.24. The first kappa shape index (κ1) is 18.4. The third-order valence-electron chi connectivity index (χ3n) is 3.75. The highest BCUT2D eigenvalue weighted by Gasteiger charge is 2.10. The van der Waals surface area contributed by atoms with E-state index >= 15 is 0 Å². The second kappa shape index (κ2) is 7.88. The smallest absolute Gasteiger partial charge is 0.234 e. The Morgan fingerprint density at radius 1 is 1.23 bits per heavy atom. The lowest BCUT2D eigenvalue weighted by molar-refractivity contribution is -0.113. The van der Waals surface area contributed by atoms with Crippen LogP contribution in [0.1, 0.15) is 17.0 Å². The number of hydrogen-bond donors (Lipinski definition) is 1. The van der Waals surface area contributed by atoms with Gasteiger partial charge in [-0.3, -0.25) is 4.79 Å². The Kier molecular flexibility index (Phi) is 5.58. The minimum atomic E-state index is -0.119. The molecule has 1 aromatic carbocycles. The fraction of sp³-hybridized carbons (Fsp3) is 0.222. The van der Waals surface area contributed by atoms with Gasteiger partial charge in [0.05, 0.1) is 11.4 Å². The molecule has 0 aliphatic rings. The standard InChI is InChI=1S/C18H18ClN5OS/c1-11-7-12(2)24(23-11)16-8-18(21-10-20-16)26-9-17(25)22-15-6-4-5-14(19)13(15)3/h4-8,10H,9H2,1-3H3,(H,22,25). The highest BCUT2D eigenvalue weighted by atomic mass is 35.5. The minimum Gasteiger partial charge on any atom is -0.325 e. The summed E-state index contributed by atoms with van der Waals surface area (Å²) in [6.45, 7) is 5.77. The predicted molar refractivity (Wildman–Crippen MR) is 104 cm³/mol. The largest absolute Gasteiger partial charge is 0.325 e. The summed E-state index contributed by atoms with van der Waals surface area (Å²) in [5.74, 6) is 0.797. The van der Waals surface area contributed by atoms with E-state index in [4.69, 9.17) is 11.6 Å². The van der Waals surface area contributed by atoms with Crippen molar-refractivity contribution < 1.29 is 4.79 Å². The zero-order valence-electron chi connectivity index (χ0n) is 14.7. The molecule has 8 heteroatoms. The fourth-order valence-electron chi connectivity index (χ4n) is 2.45. The summed E-state index contributed by atoms with van der Waals surface area (Å²) in [5.41, 5.74) is 3.48. The molecule has 0 saturated heterocycles. The molecule has 0 atom stereocenters. The quantitative estimate of drug-likeness (QED) is 0.529. The van der Waals surface area contributed by atoms with E-state index in [0.29, 0.717) is 21.6 Å². The zero-order chi connectivity index (χ0) is 18.7. The van der Waals surface area contributed by atoms with Gasteiger partial charge in [0.25, 0.3) is 0 Å². The molecule has 1 amide bonds. The van der Waals surface area contributed by atoms with Gasteiger partial charge in [-0.1, -0.05) is 29.4 Å². The van der Waals surface area contributed by atoms with Crippen LogP contribution >= 0.6 is 23.4 Å². The number of nitrogens with zero attached hydrogens (tertiary/aromatic N) is 4. The van der Waals surface area contributed by atoms with Gasteiger partial charge in [-0.15, -0.1) is 0 Å². The van der Waals surface area contributed by atoms with E-state index in [1.165, 1.54) is 18.1 Å². The van der Waals surface area contributed by atoms with Crippen LogP contribution in [0.4, 0.5) is 5.69 Å². The van der Waals surface area contributed by atoms with Crippen LogP contribution < -0.4 is 5.32 Å². The summed E-state index contributed by atoms with van der Waals surface area (Å²) in [6, 6.07) is 9.24. The average molecular weight is 388 g/mol. The molecule has 134 valence electrons. The highest BCUT2D eigenvalue weighted by molar-refractivity contribution is 7.99. The number of hydrogen-bond acceptors (Lipinski definition) is 5. The molecule has 0 radical (unpaired) electrons. The Labute approximate surface area is 161 Å². The molecule has 0 aliphatic carbocycles. The van der Waals surface area contributed by atoms with Gasteiger partial charge in [0, 0.05) is 22.5 Å². The van der Waals surface area contributed by atoms with Crippen LogP contribution in [0, 0.1) is 20.8 Å². The Hall–Kier alpha value is -2.38. The van der Waals surface area contributed by atoms with E-state index in [2.05, 4.69) is 20.4 Å². The maximum absolute atomic E-state index is 12.2. The second-order valence-electron chi connectivity index (χ2n) is 5.80. The Balaban J connectivity index is 1.66. The predicted octanol–water partition coefficient (Wildman–Crippen LogP) is 3.97. The van der Waals surface area contributed by atoms with Crippen molar-refractivity contribution in [3.8, 4) is 5.82 Å². The number of halogens is 1. The monoisotopic (exact) mass is 387 g/mol. The lowest BCUT2D eigenvalue weighted by Gasteiger charge is -2.09. The lowest BCUT2D eigenvalue weighted by Crippen LogP contribution is -2.15. The van der Waals surface area contributed by atoms with Crippen LogP contribution in [0.2, 0.25) is 5.02 Å². The van der Waals surface area contributed by atoms with Crippen LogP contribution in [-0.2, 0) is 4.79 Å². The molecule has 3 rings (SSSR count). The number of anilines is 1. The maximum atomic E-state index is 12.2. The molecular weight excluding hydrogens is 370 g/mol. The molecule has 0 bridgehead atoms. The van der Waals surface area contributed by atoms with E-state index in [9.17, 15) is 4.79 Å². The Morgan fingerprint density at radius 3 is 2.77 bits per heavy atom. The zero-order valence-corrected chi connectivity index (χ0v) is 16.2. The van der Waals surface area contributed by atoms with E-state index < -0.39 is 0 Å². The molecule has 6 nitrogen and oxygen atoms in total. The first-order valence-corrected chi connectivity index (χ1v) is 9.34. The van der Waals surface area contributed by atoms with E-state index in [1.807, 2.05) is 45.0 Å². The van der Waals surface area contributed by atoms with Crippen molar-refractivity contribution in [2.75, 3.05) is 11.1 Å². The summed E-state index contributed by atoms with van der Waals surface area (Å²) in [5, 5.41) is 8.63. The van der Waals surface area contributed by atoms with Gasteiger partial charge >= 0.3 is 0 Å². The van der Waals surface area contributed by atoms with Crippen LogP contribution in [0.3, 0.4) is 0 Å². The summed E-state index contributed by atoms with van der Waals surface area (Å²) >= 11 is 7.42. The average Bonchev–Trinajstić information content (AvgIpc) is 2.96. The number of aromatic nitrogens is 4. The molecule has 26 heavy (non-hydrogen) atoms. The third-order valence-corrected chi connectivity index (χ3v) is 5.08. The third kappa shape index (κ3) is 4.23. The Morgan fingerprint density at radius 2 is 2.04 bits per heavy atom. The van der Waals surface area contributed by atoms with Crippen molar-refractivity contribution in [1.82, 2.24) is 19.7 Å². The van der Waals surface area contributed by atoms with E-state index in [-0.39, 0.29) is 11.7 Å². The van der Waals surface area contributed by atoms with Gasteiger partial charge in [-0.05, 0) is 44.5 Å². The number of benzene rings is 1. The lowest BCUT2D eigenvalue weighted by atomic mass is 10.2. The second-order valence-corrected chi connectivity index (χ2v) is 7.21. The normalized spacial score (nSPS) is 10.8. The number of carbonyl (C=O) groups excluding carboxylic acids is 1. The molecule has 0 unspecified atom stereocenters. The van der Waals surface area contributed by atoms with Gasteiger partial charge < -0.3 is 5.32 Å². The summed E-state index contributed by atoms with van der Waals surface area (Å²) in [6.07, 6.45) is 1.48. The molecule has 0 fully saturated rings. The van der Waals surface area contributed by atoms with Gasteiger partial charge in [0.1, 0.15) is 11.4 Å². The summed E-state index contributed by atoms with van der Waals surface area (Å²) in [4.78, 5) is 20.7. The van der Waals surface area contributed by atoms with Crippen molar-refractivity contribution in [1.29, 1.82) is 0 Å². The molecule has 3 aromatic rings. The van der Waals surface area contributed by atoms with Gasteiger partial charge in [-0.2, -0.15) is 5.10 Å². The van der Waals surface area contributed by atoms with Gasteiger partial charge in [0.15, 0.2) is 5.82 Å². The van der Waals surface area contributed by atoms with E-state index in [0.717, 1.165) is 17.0 Å². The summed E-state index contributed by atoms with van der Waals surface area (Å²) < 4.78 is 1.76. The van der Waals surface area contributed by atoms with Gasteiger partial charge in [-0.25, -0.2) is 14.6 Å². The van der Waals surface area contributed by atoms with Crippen molar-refractivity contribution in [2.24, 2.45) is 0 Å². The van der Waals surface area contributed by atoms with Crippen LogP contribution in [-0.4, -0.2) is 31.4 Å². The fourth-order valence-corrected chi connectivity index (χ4v) is 3.29. The molecular formula is C18H18ClN5OS. The van der Waals surface area contributed by atoms with E-state index in [1.54, 1.807) is 10.7 Å². The van der Waals surface area contributed by atoms with Crippen molar-refractivity contribution in [2.45, 2.75) is 25.8 Å². The first-order valence-electron chi connectivity index (χ1n) is 7.97. The number of carbonyl (C=O) groups is 1. The number of rotatable bonds is 5. The first-order chi connectivity index (χ1) is 12.4. The molecule has 1 N–H and O–H groups in total. The maximum Gasteiger partial charge on any atom is 0.234 e. The van der Waals surface area contributed by atoms with Crippen LogP contribution in [0.15, 0.2) is 41.7 Å². The number of amides is 1. The number of aryl methyl sites for hydroxylation is 2. The Bertz CT molecular complexity index is 957. The molecule has 2 heterocycles. The topological polar surface area (TPSA) is 72.7 Å². The molecule has 0 spiro atoms. The number of nitrogens with one attached hydrogen (secondary N) is 1. The van der Waals surface area contributed by atoms with Crippen molar-refractivity contribution in [3.05, 3.63) is 58.6 Å². The van der Waals surface area contributed by atoms with Crippen LogP contribution in [0.25, 0.3) is 5.82 Å². The number of thioether (sulfide) groups is 1. The van der Waals surface area contributed by atoms with Crippen molar-refractivity contribution >= 4 is 35.0 Å². The SMILES string of the molecule is Cc1cc(C)n(-c2cc(SCC(=O)Nc3cccc(Cl)c3C)ncn2)n1. The van der Waals surface area contributed by atoms with Crippen LogP contribution in [0.5, 0.6) is 0 Å². The minimum absolute atomic E-state index is 0.119.